The van der Waals surface area contributed by atoms with Crippen molar-refractivity contribution in [1.29, 1.82) is 0 Å². The fourth-order valence-electron chi connectivity index (χ4n) is 1.88. The number of anilines is 3. The van der Waals surface area contributed by atoms with E-state index >= 15 is 0 Å². The van der Waals surface area contributed by atoms with Crippen LogP contribution in [-0.4, -0.2) is 23.1 Å². The number of nitrogens with zero attached hydrogens (tertiary/aromatic N) is 2. The second-order valence-electron chi connectivity index (χ2n) is 4.60. The largest absolute Gasteiger partial charge is 0.492 e. The summed E-state index contributed by atoms with van der Waals surface area (Å²) >= 11 is 0. The van der Waals surface area contributed by atoms with E-state index in [1.165, 1.54) is 0 Å². The Bertz CT molecular complexity index is 559. The van der Waals surface area contributed by atoms with Crippen molar-refractivity contribution in [3.05, 3.63) is 36.5 Å². The number of para-hydroxylation sites is 2. The molecule has 112 valence electrons. The first-order chi connectivity index (χ1) is 10.3. The molecule has 0 spiro atoms. The van der Waals surface area contributed by atoms with E-state index in [1.807, 2.05) is 37.3 Å². The van der Waals surface area contributed by atoms with Crippen molar-refractivity contribution in [1.82, 2.24) is 9.97 Å². The standard InChI is InChI=1S/C16H22N4O/c1-3-5-11-17-16-18-12-10-15(20-16)19-13-8-6-7-9-14(13)21-4-2/h6-10,12H,3-5,11H2,1-2H3,(H2,17,18,19,20). The molecule has 5 nitrogen and oxygen atoms in total. The highest BCUT2D eigenvalue weighted by atomic mass is 16.5. The van der Waals surface area contributed by atoms with E-state index in [0.717, 1.165) is 36.6 Å². The van der Waals surface area contributed by atoms with Crippen molar-refractivity contribution in [3.8, 4) is 5.75 Å². The van der Waals surface area contributed by atoms with Gasteiger partial charge >= 0.3 is 0 Å². The zero-order valence-corrected chi connectivity index (χ0v) is 12.6. The third-order valence-corrected chi connectivity index (χ3v) is 2.92. The summed E-state index contributed by atoms with van der Waals surface area (Å²) < 4.78 is 5.60. The first-order valence-electron chi connectivity index (χ1n) is 7.39. The summed E-state index contributed by atoms with van der Waals surface area (Å²) in [4.78, 5) is 8.67. The van der Waals surface area contributed by atoms with E-state index in [0.29, 0.717) is 12.6 Å². The van der Waals surface area contributed by atoms with Crippen molar-refractivity contribution < 1.29 is 4.74 Å². The topological polar surface area (TPSA) is 59.1 Å². The average molecular weight is 286 g/mol. The van der Waals surface area contributed by atoms with Crippen molar-refractivity contribution in [3.63, 3.8) is 0 Å². The van der Waals surface area contributed by atoms with Crippen LogP contribution in [0.5, 0.6) is 5.75 Å². The number of rotatable bonds is 8. The minimum absolute atomic E-state index is 0.631. The Kier molecular flexibility index (Phi) is 5.82. The Morgan fingerprint density at radius 2 is 2.00 bits per heavy atom. The molecule has 1 heterocycles. The first kappa shape index (κ1) is 15.1. The molecule has 5 heteroatoms. The molecule has 0 atom stereocenters. The van der Waals surface area contributed by atoms with E-state index in [9.17, 15) is 0 Å². The molecule has 0 unspecified atom stereocenters. The number of hydrogen-bond donors (Lipinski definition) is 2. The van der Waals surface area contributed by atoms with Crippen LogP contribution in [0.4, 0.5) is 17.5 Å². The molecule has 2 rings (SSSR count). The van der Waals surface area contributed by atoms with Crippen LogP contribution in [0.15, 0.2) is 36.5 Å². The zero-order valence-electron chi connectivity index (χ0n) is 12.6. The monoisotopic (exact) mass is 286 g/mol. The van der Waals surface area contributed by atoms with Crippen molar-refractivity contribution in [2.45, 2.75) is 26.7 Å². The SMILES string of the molecule is CCCCNc1nccc(Nc2ccccc2OCC)n1. The molecule has 21 heavy (non-hydrogen) atoms. The van der Waals surface area contributed by atoms with Gasteiger partial charge in [-0.3, -0.25) is 0 Å². The van der Waals surface area contributed by atoms with Gasteiger partial charge in [0.15, 0.2) is 0 Å². The average Bonchev–Trinajstić information content (AvgIpc) is 2.50. The van der Waals surface area contributed by atoms with Gasteiger partial charge in [-0.1, -0.05) is 25.5 Å². The predicted molar refractivity (Wildman–Crippen MR) is 86.3 cm³/mol. The maximum atomic E-state index is 5.60. The lowest BCUT2D eigenvalue weighted by atomic mass is 10.3. The molecule has 0 bridgehead atoms. The van der Waals surface area contributed by atoms with E-state index in [2.05, 4.69) is 27.5 Å². The lowest BCUT2D eigenvalue weighted by Gasteiger charge is -2.12. The molecule has 0 aliphatic rings. The Morgan fingerprint density at radius 3 is 2.81 bits per heavy atom. The summed E-state index contributed by atoms with van der Waals surface area (Å²) in [6.07, 6.45) is 3.99. The highest BCUT2D eigenvalue weighted by Crippen LogP contribution is 2.26. The van der Waals surface area contributed by atoms with Gasteiger partial charge in [0.05, 0.1) is 12.3 Å². The number of aromatic nitrogens is 2. The molecular weight excluding hydrogens is 264 g/mol. The van der Waals surface area contributed by atoms with Gasteiger partial charge in [0, 0.05) is 12.7 Å². The van der Waals surface area contributed by atoms with Crippen LogP contribution in [0.1, 0.15) is 26.7 Å². The summed E-state index contributed by atoms with van der Waals surface area (Å²) in [5, 5.41) is 6.49. The Morgan fingerprint density at radius 1 is 1.14 bits per heavy atom. The number of nitrogens with one attached hydrogen (secondary N) is 2. The third kappa shape index (κ3) is 4.63. The van der Waals surface area contributed by atoms with Crippen LogP contribution in [0.25, 0.3) is 0 Å². The molecule has 0 saturated heterocycles. The smallest absolute Gasteiger partial charge is 0.224 e. The molecule has 0 amide bonds. The maximum absolute atomic E-state index is 5.60. The van der Waals surface area contributed by atoms with Gasteiger partial charge in [0.25, 0.3) is 0 Å². The summed E-state index contributed by atoms with van der Waals surface area (Å²) in [5.74, 6) is 2.21. The van der Waals surface area contributed by atoms with Gasteiger partial charge in [-0.15, -0.1) is 0 Å². The van der Waals surface area contributed by atoms with E-state index in [1.54, 1.807) is 6.20 Å². The predicted octanol–water partition coefficient (Wildman–Crippen LogP) is 3.83. The molecule has 0 aliphatic carbocycles. The van der Waals surface area contributed by atoms with Crippen LogP contribution < -0.4 is 15.4 Å². The highest BCUT2D eigenvalue weighted by molar-refractivity contribution is 5.64. The minimum atomic E-state index is 0.631. The lowest BCUT2D eigenvalue weighted by Crippen LogP contribution is -2.06. The molecule has 0 fully saturated rings. The van der Waals surface area contributed by atoms with E-state index in [-0.39, 0.29) is 0 Å². The number of ether oxygens (including phenoxy) is 1. The highest BCUT2D eigenvalue weighted by Gasteiger charge is 2.04. The van der Waals surface area contributed by atoms with Gasteiger partial charge in [0.1, 0.15) is 11.6 Å². The van der Waals surface area contributed by atoms with Gasteiger partial charge < -0.3 is 15.4 Å². The zero-order chi connectivity index (χ0) is 14.9. The van der Waals surface area contributed by atoms with Crippen LogP contribution in [-0.2, 0) is 0 Å². The normalized spacial score (nSPS) is 10.2. The van der Waals surface area contributed by atoms with Crippen LogP contribution >= 0.6 is 0 Å². The van der Waals surface area contributed by atoms with Gasteiger partial charge in [-0.2, -0.15) is 4.98 Å². The number of hydrogen-bond acceptors (Lipinski definition) is 5. The summed E-state index contributed by atoms with van der Waals surface area (Å²) in [5.41, 5.74) is 0.901. The molecule has 0 saturated carbocycles. The lowest BCUT2D eigenvalue weighted by molar-refractivity contribution is 0.342. The van der Waals surface area contributed by atoms with Gasteiger partial charge in [0.2, 0.25) is 5.95 Å². The van der Waals surface area contributed by atoms with Gasteiger partial charge in [-0.05, 0) is 31.5 Å². The molecule has 0 radical (unpaired) electrons. The molecule has 0 aliphatic heterocycles. The molecular formula is C16H22N4O. The van der Waals surface area contributed by atoms with Gasteiger partial charge in [-0.25, -0.2) is 4.98 Å². The third-order valence-electron chi connectivity index (χ3n) is 2.92. The Labute approximate surface area is 125 Å². The van der Waals surface area contributed by atoms with Crippen molar-refractivity contribution in [2.24, 2.45) is 0 Å². The summed E-state index contributed by atoms with van der Waals surface area (Å²) in [7, 11) is 0. The van der Waals surface area contributed by atoms with E-state index in [4.69, 9.17) is 4.74 Å². The fraction of sp³-hybridized carbons (Fsp3) is 0.375. The summed E-state index contributed by atoms with van der Waals surface area (Å²) in [6.45, 7) is 5.64. The quantitative estimate of drug-likeness (QED) is 0.722. The number of unbranched alkanes of at least 4 members (excludes halogenated alkanes) is 1. The molecule has 2 aromatic rings. The molecule has 2 N–H and O–H groups in total. The Hall–Kier alpha value is -2.30. The Balaban J connectivity index is 2.07. The van der Waals surface area contributed by atoms with Crippen LogP contribution in [0.3, 0.4) is 0 Å². The molecule has 1 aromatic heterocycles. The van der Waals surface area contributed by atoms with Crippen molar-refractivity contribution in [2.75, 3.05) is 23.8 Å². The van der Waals surface area contributed by atoms with Crippen molar-refractivity contribution >= 4 is 17.5 Å². The van der Waals surface area contributed by atoms with Crippen LogP contribution in [0, 0.1) is 0 Å². The summed E-state index contributed by atoms with van der Waals surface area (Å²) in [6, 6.07) is 9.67. The van der Waals surface area contributed by atoms with Crippen LogP contribution in [0.2, 0.25) is 0 Å². The number of benzene rings is 1. The molecule has 1 aromatic carbocycles. The second kappa shape index (κ2) is 8.09. The van der Waals surface area contributed by atoms with E-state index < -0.39 is 0 Å². The minimum Gasteiger partial charge on any atom is -0.492 e. The maximum Gasteiger partial charge on any atom is 0.224 e. The first-order valence-corrected chi connectivity index (χ1v) is 7.39. The second-order valence-corrected chi connectivity index (χ2v) is 4.60. The fourth-order valence-corrected chi connectivity index (χ4v) is 1.88.